The number of hydrogen-bond donors (Lipinski definition) is 1. The van der Waals surface area contributed by atoms with Gasteiger partial charge < -0.3 is 5.32 Å². The SMILES string of the molecule is C=CCn1c(SCC(=O)Nc2cc([N+](=O)[O-])ccc2Cl)nnc1-c1ccc(C(C)C)cc1. The number of benzene rings is 2. The number of rotatable bonds is 9. The summed E-state index contributed by atoms with van der Waals surface area (Å²) in [7, 11) is 0. The maximum Gasteiger partial charge on any atom is 0.271 e. The number of aromatic nitrogens is 3. The molecule has 166 valence electrons. The van der Waals surface area contributed by atoms with Crippen molar-refractivity contribution in [3.8, 4) is 11.4 Å². The Bertz CT molecular complexity index is 1140. The summed E-state index contributed by atoms with van der Waals surface area (Å²) >= 11 is 7.26. The molecule has 1 amide bonds. The van der Waals surface area contributed by atoms with Crippen molar-refractivity contribution < 1.29 is 9.72 Å². The van der Waals surface area contributed by atoms with Gasteiger partial charge in [0.05, 0.1) is 21.4 Å². The largest absolute Gasteiger partial charge is 0.324 e. The summed E-state index contributed by atoms with van der Waals surface area (Å²) < 4.78 is 1.88. The van der Waals surface area contributed by atoms with Crippen molar-refractivity contribution in [2.75, 3.05) is 11.1 Å². The molecule has 10 heteroatoms. The van der Waals surface area contributed by atoms with Crippen LogP contribution >= 0.6 is 23.4 Å². The van der Waals surface area contributed by atoms with E-state index in [1.165, 1.54) is 35.5 Å². The average molecular weight is 472 g/mol. The van der Waals surface area contributed by atoms with Crippen molar-refractivity contribution in [3.05, 3.63) is 75.8 Å². The smallest absolute Gasteiger partial charge is 0.271 e. The number of carbonyl (C=O) groups excluding carboxylic acids is 1. The predicted molar refractivity (Wildman–Crippen MR) is 127 cm³/mol. The van der Waals surface area contributed by atoms with E-state index < -0.39 is 4.92 Å². The van der Waals surface area contributed by atoms with E-state index in [0.29, 0.717) is 23.4 Å². The molecule has 0 atom stereocenters. The molecular weight excluding hydrogens is 450 g/mol. The lowest BCUT2D eigenvalue weighted by molar-refractivity contribution is -0.384. The minimum absolute atomic E-state index is 0.0284. The van der Waals surface area contributed by atoms with E-state index in [-0.39, 0.29) is 28.1 Å². The van der Waals surface area contributed by atoms with Gasteiger partial charge >= 0.3 is 0 Å². The number of amides is 1. The normalized spacial score (nSPS) is 10.9. The van der Waals surface area contributed by atoms with E-state index >= 15 is 0 Å². The van der Waals surface area contributed by atoms with Crippen molar-refractivity contribution in [1.29, 1.82) is 0 Å². The zero-order valence-corrected chi connectivity index (χ0v) is 19.2. The summed E-state index contributed by atoms with van der Waals surface area (Å²) in [6, 6.07) is 12.0. The first-order valence-electron chi connectivity index (χ1n) is 9.81. The fraction of sp³-hybridized carbons (Fsp3) is 0.227. The summed E-state index contributed by atoms with van der Waals surface area (Å²) in [5.74, 6) is 0.776. The minimum atomic E-state index is -0.548. The topological polar surface area (TPSA) is 103 Å². The highest BCUT2D eigenvalue weighted by Crippen LogP contribution is 2.28. The van der Waals surface area contributed by atoms with Crippen LogP contribution in [0.25, 0.3) is 11.4 Å². The lowest BCUT2D eigenvalue weighted by Gasteiger charge is -2.10. The molecule has 32 heavy (non-hydrogen) atoms. The molecule has 0 saturated heterocycles. The van der Waals surface area contributed by atoms with Crippen LogP contribution in [0.2, 0.25) is 5.02 Å². The molecule has 1 heterocycles. The number of nitro benzene ring substituents is 1. The molecule has 0 spiro atoms. The van der Waals surface area contributed by atoms with Crippen LogP contribution in [-0.4, -0.2) is 31.3 Å². The summed E-state index contributed by atoms with van der Waals surface area (Å²) in [5, 5.41) is 22.9. The zero-order chi connectivity index (χ0) is 23.3. The van der Waals surface area contributed by atoms with E-state index in [9.17, 15) is 14.9 Å². The predicted octanol–water partition coefficient (Wildman–Crippen LogP) is 5.55. The Labute approximate surface area is 194 Å². The minimum Gasteiger partial charge on any atom is -0.324 e. The van der Waals surface area contributed by atoms with Gasteiger partial charge in [-0.2, -0.15) is 0 Å². The first kappa shape index (κ1) is 23.5. The molecule has 0 aliphatic carbocycles. The van der Waals surface area contributed by atoms with Gasteiger partial charge in [0.2, 0.25) is 5.91 Å². The molecule has 0 fully saturated rings. The molecule has 0 unspecified atom stereocenters. The quantitative estimate of drug-likeness (QED) is 0.190. The third-order valence-electron chi connectivity index (χ3n) is 4.63. The number of hydrogen-bond acceptors (Lipinski definition) is 6. The lowest BCUT2D eigenvalue weighted by atomic mass is 10.0. The van der Waals surface area contributed by atoms with Crippen LogP contribution in [0.5, 0.6) is 0 Å². The highest BCUT2D eigenvalue weighted by molar-refractivity contribution is 7.99. The van der Waals surface area contributed by atoms with Gasteiger partial charge in [0, 0.05) is 24.2 Å². The van der Waals surface area contributed by atoms with Gasteiger partial charge in [0.1, 0.15) is 0 Å². The van der Waals surface area contributed by atoms with Crippen LogP contribution in [0.4, 0.5) is 11.4 Å². The molecule has 0 radical (unpaired) electrons. The summed E-state index contributed by atoms with van der Waals surface area (Å²) in [6.45, 7) is 8.55. The number of nitro groups is 1. The maximum atomic E-state index is 12.4. The fourth-order valence-electron chi connectivity index (χ4n) is 2.96. The van der Waals surface area contributed by atoms with Gasteiger partial charge in [-0.3, -0.25) is 19.5 Å². The maximum absolute atomic E-state index is 12.4. The molecule has 0 saturated carbocycles. The summed E-state index contributed by atoms with van der Waals surface area (Å²) in [6.07, 6.45) is 1.74. The van der Waals surface area contributed by atoms with Gasteiger partial charge in [0.15, 0.2) is 11.0 Å². The zero-order valence-electron chi connectivity index (χ0n) is 17.6. The summed E-state index contributed by atoms with van der Waals surface area (Å²) in [4.78, 5) is 22.8. The molecular formula is C22H22ClN5O3S. The standard InChI is InChI=1S/C22H22ClN5O3S/c1-4-11-27-21(16-7-5-15(6-8-16)14(2)3)25-26-22(27)32-13-20(29)24-19-12-17(28(30)31)9-10-18(19)23/h4-10,12,14H,1,11,13H2,2-3H3,(H,24,29). The van der Waals surface area contributed by atoms with Gasteiger partial charge in [-0.1, -0.05) is 67.6 Å². The van der Waals surface area contributed by atoms with Crippen LogP contribution in [0.15, 0.2) is 60.3 Å². The molecule has 0 aliphatic heterocycles. The van der Waals surface area contributed by atoms with Gasteiger partial charge in [0.25, 0.3) is 5.69 Å². The number of halogens is 1. The number of allylic oxidation sites excluding steroid dienone is 1. The van der Waals surface area contributed by atoms with Crippen molar-refractivity contribution in [2.45, 2.75) is 31.5 Å². The van der Waals surface area contributed by atoms with E-state index in [4.69, 9.17) is 11.6 Å². The second-order valence-corrected chi connectivity index (χ2v) is 8.59. The van der Waals surface area contributed by atoms with Gasteiger partial charge in [-0.25, -0.2) is 0 Å². The molecule has 2 aromatic carbocycles. The number of carbonyl (C=O) groups is 1. The van der Waals surface area contributed by atoms with E-state index in [0.717, 1.165) is 5.56 Å². The van der Waals surface area contributed by atoms with Gasteiger partial charge in [-0.15, -0.1) is 16.8 Å². The molecule has 1 aromatic heterocycles. The Morgan fingerprint density at radius 1 is 1.28 bits per heavy atom. The number of nitrogens with zero attached hydrogens (tertiary/aromatic N) is 4. The Balaban J connectivity index is 1.74. The van der Waals surface area contributed by atoms with E-state index in [1.54, 1.807) is 6.08 Å². The van der Waals surface area contributed by atoms with Crippen LogP contribution in [0.3, 0.4) is 0 Å². The molecule has 3 aromatic rings. The summed E-state index contributed by atoms with van der Waals surface area (Å²) in [5.41, 5.74) is 2.18. The highest BCUT2D eigenvalue weighted by Gasteiger charge is 2.17. The van der Waals surface area contributed by atoms with E-state index in [2.05, 4.69) is 48.1 Å². The lowest BCUT2D eigenvalue weighted by Crippen LogP contribution is -2.15. The molecule has 1 N–H and O–H groups in total. The first-order chi connectivity index (χ1) is 15.3. The van der Waals surface area contributed by atoms with Crippen molar-refractivity contribution in [3.63, 3.8) is 0 Å². The Morgan fingerprint density at radius 2 is 2.00 bits per heavy atom. The van der Waals surface area contributed by atoms with Gasteiger partial charge in [-0.05, 0) is 17.5 Å². The number of non-ortho nitro benzene ring substituents is 1. The second kappa shape index (κ2) is 10.4. The molecule has 0 aliphatic rings. The van der Waals surface area contributed by atoms with Crippen LogP contribution in [0, 0.1) is 10.1 Å². The third kappa shape index (κ3) is 5.54. The molecule has 0 bridgehead atoms. The Hall–Kier alpha value is -3.17. The molecule has 8 nitrogen and oxygen atoms in total. The molecule has 3 rings (SSSR count). The Morgan fingerprint density at radius 3 is 2.62 bits per heavy atom. The third-order valence-corrected chi connectivity index (χ3v) is 5.93. The number of nitrogens with one attached hydrogen (secondary N) is 1. The van der Waals surface area contributed by atoms with E-state index in [1.807, 2.05) is 16.7 Å². The van der Waals surface area contributed by atoms with Crippen LogP contribution in [-0.2, 0) is 11.3 Å². The Kier molecular flexibility index (Phi) is 7.66. The van der Waals surface area contributed by atoms with Crippen LogP contribution < -0.4 is 5.32 Å². The second-order valence-electron chi connectivity index (χ2n) is 7.24. The first-order valence-corrected chi connectivity index (χ1v) is 11.2. The van der Waals surface area contributed by atoms with Crippen LogP contribution in [0.1, 0.15) is 25.3 Å². The fourth-order valence-corrected chi connectivity index (χ4v) is 3.87. The highest BCUT2D eigenvalue weighted by atomic mass is 35.5. The number of anilines is 1. The van der Waals surface area contributed by atoms with Crippen molar-refractivity contribution in [1.82, 2.24) is 14.8 Å². The van der Waals surface area contributed by atoms with Crippen molar-refractivity contribution in [2.24, 2.45) is 0 Å². The van der Waals surface area contributed by atoms with Crippen molar-refractivity contribution >= 4 is 40.6 Å². The monoisotopic (exact) mass is 471 g/mol. The number of thioether (sulfide) groups is 1. The average Bonchev–Trinajstić information content (AvgIpc) is 3.16.